The van der Waals surface area contributed by atoms with Crippen LogP contribution in [0, 0.1) is 16.7 Å². The Morgan fingerprint density at radius 2 is 1.87 bits per heavy atom. The van der Waals surface area contributed by atoms with E-state index in [1.807, 2.05) is 18.4 Å². The zero-order valence-corrected chi connectivity index (χ0v) is 19.4. The quantitative estimate of drug-likeness (QED) is 0.366. The molecule has 0 bridgehead atoms. The second-order valence-electron chi connectivity index (χ2n) is 8.40. The summed E-state index contributed by atoms with van der Waals surface area (Å²) in [5, 5.41) is 16.0. The highest BCUT2D eigenvalue weighted by molar-refractivity contribution is 7.98. The molecule has 168 valence electrons. The number of hydrogen-bond acceptors (Lipinski definition) is 7. The molecule has 1 fully saturated rings. The highest BCUT2D eigenvalue weighted by Crippen LogP contribution is 2.30. The van der Waals surface area contributed by atoms with E-state index in [1.54, 1.807) is 11.8 Å². The molecular formula is C22H33N6O2S+. The summed E-state index contributed by atoms with van der Waals surface area (Å²) in [5.74, 6) is 2.06. The van der Waals surface area contributed by atoms with Gasteiger partial charge in [-0.15, -0.1) is 11.8 Å². The summed E-state index contributed by atoms with van der Waals surface area (Å²) < 4.78 is 0. The van der Waals surface area contributed by atoms with Crippen molar-refractivity contribution < 1.29 is 10.1 Å². The Morgan fingerprint density at radius 1 is 1.16 bits per heavy atom. The molecule has 1 saturated carbocycles. The van der Waals surface area contributed by atoms with E-state index in [4.69, 9.17) is 0 Å². The van der Waals surface area contributed by atoms with E-state index in [1.165, 1.54) is 23.9 Å². The summed E-state index contributed by atoms with van der Waals surface area (Å²) in [7, 11) is 4.25. The van der Waals surface area contributed by atoms with Gasteiger partial charge in [0, 0.05) is 24.5 Å². The van der Waals surface area contributed by atoms with Crippen molar-refractivity contribution in [1.29, 1.82) is 0 Å². The monoisotopic (exact) mass is 445 g/mol. The fourth-order valence-corrected chi connectivity index (χ4v) is 4.75. The lowest BCUT2D eigenvalue weighted by Gasteiger charge is -2.30. The lowest BCUT2D eigenvalue weighted by molar-refractivity contribution is -0.729. The molecule has 3 rings (SSSR count). The molecule has 0 amide bonds. The fourth-order valence-electron chi connectivity index (χ4n) is 4.13. The minimum Gasteiger partial charge on any atom is -0.364 e. The maximum atomic E-state index is 11.6. The molecule has 1 heterocycles. The van der Waals surface area contributed by atoms with E-state index in [0.29, 0.717) is 24.2 Å². The van der Waals surface area contributed by atoms with Crippen LogP contribution in [0.25, 0.3) is 0 Å². The first kappa shape index (κ1) is 23.3. The van der Waals surface area contributed by atoms with E-state index in [2.05, 4.69) is 51.7 Å². The highest BCUT2D eigenvalue weighted by Gasteiger charge is 2.25. The molecule has 0 aliphatic heterocycles. The topological polar surface area (TPSA) is 93.4 Å². The van der Waals surface area contributed by atoms with Gasteiger partial charge in [0.05, 0.1) is 4.91 Å². The van der Waals surface area contributed by atoms with Crippen LogP contribution in [0.2, 0.25) is 0 Å². The van der Waals surface area contributed by atoms with Gasteiger partial charge in [-0.1, -0.05) is 18.2 Å². The Balaban J connectivity index is 1.61. The predicted molar refractivity (Wildman–Crippen MR) is 125 cm³/mol. The van der Waals surface area contributed by atoms with Gasteiger partial charge in [0.1, 0.15) is 6.20 Å². The van der Waals surface area contributed by atoms with E-state index in [0.717, 1.165) is 37.4 Å². The molecule has 31 heavy (non-hydrogen) atoms. The molecule has 8 nitrogen and oxygen atoms in total. The lowest BCUT2D eigenvalue weighted by Crippen LogP contribution is -2.28. The number of aromatic nitrogens is 2. The van der Waals surface area contributed by atoms with Crippen LogP contribution in [0.15, 0.2) is 35.4 Å². The van der Waals surface area contributed by atoms with Crippen LogP contribution in [0.1, 0.15) is 31.2 Å². The summed E-state index contributed by atoms with van der Waals surface area (Å²) in [5.41, 5.74) is 1.18. The van der Waals surface area contributed by atoms with E-state index >= 15 is 0 Å². The average molecular weight is 446 g/mol. The van der Waals surface area contributed by atoms with Crippen molar-refractivity contribution in [3.8, 4) is 0 Å². The first-order valence-corrected chi connectivity index (χ1v) is 12.0. The molecule has 3 N–H and O–H groups in total. The second kappa shape index (κ2) is 11.3. The summed E-state index contributed by atoms with van der Waals surface area (Å²) in [6.45, 7) is 2.44. The van der Waals surface area contributed by atoms with Gasteiger partial charge in [0.2, 0.25) is 11.8 Å². The number of benzene rings is 1. The van der Waals surface area contributed by atoms with Crippen molar-refractivity contribution in [2.45, 2.75) is 37.1 Å². The van der Waals surface area contributed by atoms with Gasteiger partial charge in [0.25, 0.3) is 4.92 Å². The molecule has 0 atom stereocenters. The Kier molecular flexibility index (Phi) is 8.48. The Labute approximate surface area is 188 Å². The number of hydrogen-bond donors (Lipinski definition) is 3. The maximum Gasteiger partial charge on any atom is 0.376 e. The number of thioether (sulfide) groups is 1. The summed E-state index contributed by atoms with van der Waals surface area (Å²) in [6.07, 6.45) is 8.14. The molecule has 0 spiro atoms. The van der Waals surface area contributed by atoms with Crippen LogP contribution in [0.5, 0.6) is 0 Å². The average Bonchev–Trinajstić information content (AvgIpc) is 2.77. The molecule has 1 aromatic heterocycles. The first-order valence-electron chi connectivity index (χ1n) is 10.7. The minimum atomic E-state index is -0.177. The number of anilines is 2. The molecule has 0 unspecified atom stereocenters. The van der Waals surface area contributed by atoms with Crippen LogP contribution in [-0.4, -0.2) is 58.4 Å². The fraction of sp³-hybridized carbons (Fsp3) is 0.545. The van der Waals surface area contributed by atoms with Crippen LogP contribution in [-0.2, 0) is 6.54 Å². The predicted octanol–water partition coefficient (Wildman–Crippen LogP) is 4.39. The molecule has 1 aliphatic rings. The standard InChI is InChI=1S/C22H33N6O2S/c1-27(2)15-17-10-8-16(9-11-17)12-23-21-19(28(29)30)14-25-22(26-21)24-13-18-6-4-5-7-20(18)31-3/h4-7,14,16-17H,8-13,15H2,1-3H3,(H,29,30)(H2,23,24,25,26)/q+1. The molecule has 2 aromatic rings. The minimum absolute atomic E-state index is 0.0244. The third-order valence-corrected chi connectivity index (χ3v) is 6.59. The zero-order valence-electron chi connectivity index (χ0n) is 18.5. The van der Waals surface area contributed by atoms with Crippen LogP contribution < -0.4 is 10.6 Å². The zero-order chi connectivity index (χ0) is 22.2. The highest BCUT2D eigenvalue weighted by atomic mass is 32.2. The summed E-state index contributed by atoms with van der Waals surface area (Å²) in [4.78, 5) is 23.5. The molecule has 1 aromatic carbocycles. The van der Waals surface area contributed by atoms with Crippen molar-refractivity contribution in [1.82, 2.24) is 14.9 Å². The maximum absolute atomic E-state index is 11.6. The van der Waals surface area contributed by atoms with Crippen LogP contribution >= 0.6 is 11.8 Å². The summed E-state index contributed by atoms with van der Waals surface area (Å²) >= 11 is 1.69. The van der Waals surface area contributed by atoms with Crippen LogP contribution in [0.3, 0.4) is 0 Å². The van der Waals surface area contributed by atoms with Crippen LogP contribution in [0.4, 0.5) is 17.5 Å². The molecular weight excluding hydrogens is 412 g/mol. The Hall–Kier alpha value is -2.39. The SMILES string of the molecule is CSc1ccccc1CNc1ncc([N+](=O)O)c(NCC2CCC(CN(C)C)CC2)n1. The third kappa shape index (κ3) is 6.80. The van der Waals surface area contributed by atoms with Gasteiger partial charge in [0.15, 0.2) is 0 Å². The van der Waals surface area contributed by atoms with E-state index in [9.17, 15) is 10.1 Å². The first-order chi connectivity index (χ1) is 15.0. The van der Waals surface area contributed by atoms with Gasteiger partial charge in [-0.05, 0) is 69.5 Å². The van der Waals surface area contributed by atoms with Crippen molar-refractivity contribution >= 4 is 29.2 Å². The van der Waals surface area contributed by atoms with Gasteiger partial charge in [-0.25, -0.2) is 10.2 Å². The Bertz CT molecular complexity index is 871. The number of rotatable bonds is 10. The van der Waals surface area contributed by atoms with Gasteiger partial charge < -0.3 is 15.5 Å². The van der Waals surface area contributed by atoms with Gasteiger partial charge in [-0.2, -0.15) is 4.98 Å². The van der Waals surface area contributed by atoms with Gasteiger partial charge in [-0.3, -0.25) is 0 Å². The van der Waals surface area contributed by atoms with Crippen molar-refractivity contribution in [2.24, 2.45) is 11.8 Å². The normalized spacial score (nSPS) is 18.7. The van der Waals surface area contributed by atoms with Crippen molar-refractivity contribution in [3.63, 3.8) is 0 Å². The lowest BCUT2D eigenvalue weighted by atomic mass is 9.82. The molecule has 1 aliphatic carbocycles. The largest absolute Gasteiger partial charge is 0.376 e. The molecule has 9 heteroatoms. The van der Waals surface area contributed by atoms with E-state index < -0.39 is 0 Å². The molecule has 0 saturated heterocycles. The Morgan fingerprint density at radius 3 is 2.55 bits per heavy atom. The van der Waals surface area contributed by atoms with E-state index in [-0.39, 0.29) is 10.6 Å². The van der Waals surface area contributed by atoms with Gasteiger partial charge >= 0.3 is 5.69 Å². The number of nitrogens with one attached hydrogen (secondary N) is 2. The summed E-state index contributed by atoms with van der Waals surface area (Å²) in [6, 6.07) is 8.15. The molecule has 0 radical (unpaired) electrons. The smallest absolute Gasteiger partial charge is 0.364 e. The third-order valence-electron chi connectivity index (χ3n) is 5.75. The van der Waals surface area contributed by atoms with Crippen molar-refractivity contribution in [3.05, 3.63) is 40.9 Å². The second-order valence-corrected chi connectivity index (χ2v) is 9.24. The number of nitrogens with zero attached hydrogens (tertiary/aromatic N) is 4. The van der Waals surface area contributed by atoms with Crippen molar-refractivity contribution in [2.75, 3.05) is 44.1 Å².